The molecule has 1 aromatic heterocycles. The van der Waals surface area contributed by atoms with Crippen molar-refractivity contribution in [1.29, 1.82) is 0 Å². The first kappa shape index (κ1) is 20.4. The Kier molecular flexibility index (Phi) is 7.20. The summed E-state index contributed by atoms with van der Waals surface area (Å²) >= 11 is 13.0. The molecular weight excluding hydrogens is 397 g/mol. The number of rotatable bonds is 7. The maximum absolute atomic E-state index is 11.9. The van der Waals surface area contributed by atoms with E-state index in [1.54, 1.807) is 18.2 Å². The van der Waals surface area contributed by atoms with Crippen molar-refractivity contribution < 1.29 is 19.1 Å². The van der Waals surface area contributed by atoms with Gasteiger partial charge in [0, 0.05) is 6.42 Å². The molecule has 1 heterocycles. The Morgan fingerprint density at radius 3 is 2.46 bits per heavy atom. The number of amides is 1. The molecule has 0 aliphatic rings. The van der Waals surface area contributed by atoms with E-state index in [0.29, 0.717) is 19.9 Å². The molecule has 2 aromatic rings. The second kappa shape index (κ2) is 9.16. The standard InChI is InChI=1S/C18H17Cl2NO4S/c1-10-7-11(2)18(12(19)8-10)21-16(23)9-25-17(24)6-3-13(22)14-4-5-15(20)26-14/h4-5,7-8H,3,6,9H2,1-2H3,(H,21,23). The van der Waals surface area contributed by atoms with Crippen molar-refractivity contribution in [3.05, 3.63) is 49.6 Å². The molecule has 8 heteroatoms. The van der Waals surface area contributed by atoms with Gasteiger partial charge in [-0.1, -0.05) is 29.3 Å². The summed E-state index contributed by atoms with van der Waals surface area (Å²) in [5.74, 6) is -1.31. The molecule has 2 rings (SSSR count). The Hall–Kier alpha value is -1.89. The first-order chi connectivity index (χ1) is 12.3. The molecule has 0 aliphatic carbocycles. The van der Waals surface area contributed by atoms with Gasteiger partial charge in [0.25, 0.3) is 5.91 Å². The Bertz CT molecular complexity index is 824. The molecule has 0 bridgehead atoms. The first-order valence-corrected chi connectivity index (χ1v) is 9.34. The van der Waals surface area contributed by atoms with E-state index in [1.165, 1.54) is 0 Å². The average molecular weight is 414 g/mol. The lowest BCUT2D eigenvalue weighted by Crippen LogP contribution is -2.21. The van der Waals surface area contributed by atoms with Crippen LogP contribution in [0.3, 0.4) is 0 Å². The van der Waals surface area contributed by atoms with Crippen molar-refractivity contribution >= 4 is 57.9 Å². The van der Waals surface area contributed by atoms with Crippen molar-refractivity contribution in [3.8, 4) is 0 Å². The fourth-order valence-corrected chi connectivity index (χ4v) is 3.65. The predicted octanol–water partition coefficient (Wildman–Crippen LogP) is 4.82. The maximum atomic E-state index is 11.9. The van der Waals surface area contributed by atoms with Gasteiger partial charge in [0.15, 0.2) is 12.4 Å². The number of Topliss-reactive ketones (excluding diaryl/α,β-unsaturated/α-hetero) is 1. The third-order valence-corrected chi connectivity index (χ3v) is 5.03. The van der Waals surface area contributed by atoms with Crippen molar-refractivity contribution in [1.82, 2.24) is 0 Å². The van der Waals surface area contributed by atoms with Crippen LogP contribution in [0, 0.1) is 13.8 Å². The summed E-state index contributed by atoms with van der Waals surface area (Å²) < 4.78 is 5.41. The van der Waals surface area contributed by atoms with Gasteiger partial charge in [-0.15, -0.1) is 11.3 Å². The van der Waals surface area contributed by atoms with Crippen LogP contribution >= 0.6 is 34.5 Å². The smallest absolute Gasteiger partial charge is 0.306 e. The minimum Gasteiger partial charge on any atom is -0.456 e. The lowest BCUT2D eigenvalue weighted by molar-refractivity contribution is -0.147. The Balaban J connectivity index is 1.78. The molecule has 0 spiro atoms. The van der Waals surface area contributed by atoms with E-state index in [2.05, 4.69) is 5.32 Å². The van der Waals surface area contributed by atoms with Crippen LogP contribution in [0.1, 0.15) is 33.6 Å². The second-order valence-electron chi connectivity index (χ2n) is 5.67. The predicted molar refractivity (Wildman–Crippen MR) is 103 cm³/mol. The average Bonchev–Trinajstić information content (AvgIpc) is 3.00. The number of hydrogen-bond acceptors (Lipinski definition) is 5. The van der Waals surface area contributed by atoms with Crippen LogP contribution in [0.25, 0.3) is 0 Å². The van der Waals surface area contributed by atoms with E-state index in [-0.39, 0.29) is 18.6 Å². The molecule has 138 valence electrons. The largest absolute Gasteiger partial charge is 0.456 e. The van der Waals surface area contributed by atoms with E-state index in [0.717, 1.165) is 22.5 Å². The number of esters is 1. The topological polar surface area (TPSA) is 72.5 Å². The van der Waals surface area contributed by atoms with E-state index < -0.39 is 18.5 Å². The quantitative estimate of drug-likeness (QED) is 0.521. The van der Waals surface area contributed by atoms with E-state index in [9.17, 15) is 14.4 Å². The summed E-state index contributed by atoms with van der Waals surface area (Å²) in [5.41, 5.74) is 2.28. The number of aryl methyl sites for hydroxylation is 2. The third-order valence-electron chi connectivity index (χ3n) is 3.46. The lowest BCUT2D eigenvalue weighted by atomic mass is 10.1. The van der Waals surface area contributed by atoms with Crippen LogP contribution in [0.15, 0.2) is 24.3 Å². The molecule has 0 atom stereocenters. The number of ketones is 1. The van der Waals surface area contributed by atoms with Gasteiger partial charge in [-0.3, -0.25) is 14.4 Å². The molecule has 0 fully saturated rings. The van der Waals surface area contributed by atoms with E-state index >= 15 is 0 Å². The van der Waals surface area contributed by atoms with Gasteiger partial charge in [0.2, 0.25) is 0 Å². The molecule has 0 saturated heterocycles. The zero-order chi connectivity index (χ0) is 19.3. The van der Waals surface area contributed by atoms with Gasteiger partial charge in [-0.25, -0.2) is 0 Å². The molecule has 1 amide bonds. The van der Waals surface area contributed by atoms with Gasteiger partial charge in [-0.05, 0) is 43.2 Å². The van der Waals surface area contributed by atoms with Crippen LogP contribution < -0.4 is 5.32 Å². The summed E-state index contributed by atoms with van der Waals surface area (Å²) in [6.07, 6.45) is -0.105. The number of nitrogens with one attached hydrogen (secondary N) is 1. The molecule has 0 radical (unpaired) electrons. The van der Waals surface area contributed by atoms with Crippen LogP contribution in [0.2, 0.25) is 9.36 Å². The lowest BCUT2D eigenvalue weighted by Gasteiger charge is -2.11. The SMILES string of the molecule is Cc1cc(C)c(NC(=O)COC(=O)CCC(=O)c2ccc(Cl)s2)c(Cl)c1. The number of anilines is 1. The summed E-state index contributed by atoms with van der Waals surface area (Å²) in [6.45, 7) is 3.28. The van der Waals surface area contributed by atoms with Gasteiger partial charge in [0.1, 0.15) is 0 Å². The van der Waals surface area contributed by atoms with Crippen LogP contribution in [0.5, 0.6) is 0 Å². The van der Waals surface area contributed by atoms with E-state index in [4.69, 9.17) is 27.9 Å². The van der Waals surface area contributed by atoms with Gasteiger partial charge >= 0.3 is 5.97 Å². The molecule has 0 aliphatic heterocycles. The van der Waals surface area contributed by atoms with Gasteiger partial charge in [0.05, 0.1) is 26.3 Å². The third kappa shape index (κ3) is 5.83. The molecule has 26 heavy (non-hydrogen) atoms. The maximum Gasteiger partial charge on any atom is 0.306 e. The molecule has 0 unspecified atom stereocenters. The number of ether oxygens (including phenoxy) is 1. The van der Waals surface area contributed by atoms with Crippen LogP contribution in [-0.2, 0) is 14.3 Å². The normalized spacial score (nSPS) is 10.5. The van der Waals surface area contributed by atoms with Crippen molar-refractivity contribution in [2.75, 3.05) is 11.9 Å². The number of halogens is 2. The molecule has 1 N–H and O–H groups in total. The molecule has 1 aromatic carbocycles. The summed E-state index contributed by atoms with van der Waals surface area (Å²) in [7, 11) is 0. The monoisotopic (exact) mass is 413 g/mol. The summed E-state index contributed by atoms with van der Waals surface area (Å²) in [5, 5.41) is 3.05. The minimum absolute atomic E-state index is 0.000191. The fourth-order valence-electron chi connectivity index (χ4n) is 2.27. The van der Waals surface area contributed by atoms with Crippen LogP contribution in [-0.4, -0.2) is 24.3 Å². The summed E-state index contributed by atoms with van der Waals surface area (Å²) in [6, 6.07) is 6.86. The second-order valence-corrected chi connectivity index (χ2v) is 7.80. The number of carbonyl (C=O) groups excluding carboxylic acids is 3. The minimum atomic E-state index is -0.622. The highest BCUT2D eigenvalue weighted by atomic mass is 35.5. The van der Waals surface area contributed by atoms with Gasteiger partial charge < -0.3 is 10.1 Å². The molecule has 0 saturated carbocycles. The van der Waals surface area contributed by atoms with Crippen LogP contribution in [0.4, 0.5) is 5.69 Å². The number of thiophene rings is 1. The Morgan fingerprint density at radius 2 is 1.85 bits per heavy atom. The highest BCUT2D eigenvalue weighted by Crippen LogP contribution is 2.27. The first-order valence-electron chi connectivity index (χ1n) is 7.77. The highest BCUT2D eigenvalue weighted by molar-refractivity contribution is 7.18. The zero-order valence-corrected chi connectivity index (χ0v) is 16.6. The van der Waals surface area contributed by atoms with E-state index in [1.807, 2.05) is 19.9 Å². The zero-order valence-electron chi connectivity index (χ0n) is 14.2. The molecular formula is C18H17Cl2NO4S. The van der Waals surface area contributed by atoms with Crippen molar-refractivity contribution in [3.63, 3.8) is 0 Å². The molecule has 5 nitrogen and oxygen atoms in total. The van der Waals surface area contributed by atoms with Gasteiger partial charge in [-0.2, -0.15) is 0 Å². The fraction of sp³-hybridized carbons (Fsp3) is 0.278. The summed E-state index contributed by atoms with van der Waals surface area (Å²) in [4.78, 5) is 36.0. The van der Waals surface area contributed by atoms with Crippen molar-refractivity contribution in [2.45, 2.75) is 26.7 Å². The number of benzene rings is 1. The number of carbonyl (C=O) groups is 3. The Morgan fingerprint density at radius 1 is 1.12 bits per heavy atom. The van der Waals surface area contributed by atoms with Crippen molar-refractivity contribution in [2.24, 2.45) is 0 Å². The number of hydrogen-bond donors (Lipinski definition) is 1. The Labute approximate surface area is 165 Å². The highest BCUT2D eigenvalue weighted by Gasteiger charge is 2.14.